The maximum atomic E-state index is 14.9. The van der Waals surface area contributed by atoms with Crippen LogP contribution >= 0.6 is 11.9 Å². The van der Waals surface area contributed by atoms with Crippen molar-refractivity contribution in [3.8, 4) is 0 Å². The molecular formula is C18H17F4N3OS. The summed E-state index contributed by atoms with van der Waals surface area (Å²) in [6.45, 7) is 4.02. The lowest BCUT2D eigenvalue weighted by molar-refractivity contribution is -0.141. The van der Waals surface area contributed by atoms with E-state index in [9.17, 15) is 22.4 Å². The van der Waals surface area contributed by atoms with Crippen molar-refractivity contribution in [2.75, 3.05) is 13.1 Å². The number of aryl methyl sites for hydroxylation is 1. The van der Waals surface area contributed by atoms with E-state index in [-0.39, 0.29) is 27.6 Å². The van der Waals surface area contributed by atoms with Gasteiger partial charge in [-0.25, -0.2) is 8.70 Å². The molecule has 2 heterocycles. The van der Waals surface area contributed by atoms with E-state index >= 15 is 0 Å². The van der Waals surface area contributed by atoms with Crippen LogP contribution in [0.5, 0.6) is 0 Å². The minimum Gasteiger partial charge on any atom is -0.366 e. The number of halogens is 4. The summed E-state index contributed by atoms with van der Waals surface area (Å²) in [6, 6.07) is 0.901. The first-order chi connectivity index (χ1) is 12.6. The van der Waals surface area contributed by atoms with E-state index in [1.54, 1.807) is 6.08 Å². The predicted molar refractivity (Wildman–Crippen MR) is 98.5 cm³/mol. The number of nitrogens with zero attached hydrogens (tertiary/aromatic N) is 1. The van der Waals surface area contributed by atoms with Crippen LogP contribution < -0.4 is 5.73 Å². The second kappa shape index (κ2) is 7.05. The Kier molecular flexibility index (Phi) is 5.09. The highest BCUT2D eigenvalue weighted by molar-refractivity contribution is 7.99. The molecule has 1 aromatic carbocycles. The fraction of sp³-hybridized carbons (Fsp3) is 0.278. The molecule has 0 bridgehead atoms. The molecule has 0 atom stereocenters. The van der Waals surface area contributed by atoms with Gasteiger partial charge < -0.3 is 10.7 Å². The van der Waals surface area contributed by atoms with Gasteiger partial charge in [-0.3, -0.25) is 4.79 Å². The predicted octanol–water partition coefficient (Wildman–Crippen LogP) is 4.61. The van der Waals surface area contributed by atoms with Gasteiger partial charge in [-0.15, -0.1) is 0 Å². The van der Waals surface area contributed by atoms with Gasteiger partial charge in [-0.05, 0) is 48.4 Å². The first-order valence-corrected chi connectivity index (χ1v) is 8.92. The van der Waals surface area contributed by atoms with Gasteiger partial charge in [0.2, 0.25) is 0 Å². The van der Waals surface area contributed by atoms with Crippen LogP contribution in [0.1, 0.15) is 34.1 Å². The molecule has 4 nitrogen and oxygen atoms in total. The van der Waals surface area contributed by atoms with Crippen LogP contribution in [0.15, 0.2) is 23.6 Å². The van der Waals surface area contributed by atoms with E-state index in [0.717, 1.165) is 6.07 Å². The normalized spacial score (nSPS) is 15.9. The minimum atomic E-state index is -4.66. The molecule has 0 spiro atoms. The van der Waals surface area contributed by atoms with E-state index in [2.05, 4.69) is 4.98 Å². The van der Waals surface area contributed by atoms with Gasteiger partial charge in [0.1, 0.15) is 11.5 Å². The average Bonchev–Trinajstić information content (AvgIpc) is 3.17. The number of allylic oxidation sites excluding steroid dienone is 1. The zero-order chi connectivity index (χ0) is 19.9. The molecule has 1 amide bonds. The number of alkyl halides is 3. The smallest absolute Gasteiger partial charge is 0.366 e. The van der Waals surface area contributed by atoms with Crippen LogP contribution in [0.4, 0.5) is 17.6 Å². The number of primary amides is 1. The Morgan fingerprint density at radius 2 is 2.11 bits per heavy atom. The topological polar surface area (TPSA) is 62.1 Å². The van der Waals surface area contributed by atoms with Crippen molar-refractivity contribution in [2.24, 2.45) is 5.73 Å². The van der Waals surface area contributed by atoms with E-state index in [4.69, 9.17) is 5.73 Å². The van der Waals surface area contributed by atoms with Gasteiger partial charge in [0, 0.05) is 24.0 Å². The summed E-state index contributed by atoms with van der Waals surface area (Å²) in [5, 5.41) is 1.91. The molecule has 3 N–H and O–H groups in total. The van der Waals surface area contributed by atoms with Crippen LogP contribution in [-0.4, -0.2) is 28.3 Å². The van der Waals surface area contributed by atoms with Crippen molar-refractivity contribution in [2.45, 2.75) is 20.0 Å². The average molecular weight is 399 g/mol. The van der Waals surface area contributed by atoms with Gasteiger partial charge in [-0.2, -0.15) is 13.2 Å². The van der Waals surface area contributed by atoms with Gasteiger partial charge in [-0.1, -0.05) is 12.2 Å². The number of hydrogen-bond acceptors (Lipinski definition) is 3. The molecule has 3 rings (SSSR count). The Balaban J connectivity index is 2.22. The molecule has 1 aromatic heterocycles. The highest BCUT2D eigenvalue weighted by atomic mass is 32.2. The number of H-pyrrole nitrogens is 1. The van der Waals surface area contributed by atoms with Crippen molar-refractivity contribution in [3.63, 3.8) is 0 Å². The summed E-state index contributed by atoms with van der Waals surface area (Å²) in [5.74, 6) is -1.76. The first-order valence-electron chi connectivity index (χ1n) is 8.09. The van der Waals surface area contributed by atoms with Crippen molar-refractivity contribution >= 4 is 34.3 Å². The number of fused-ring (bicyclic) bond motifs is 1. The van der Waals surface area contributed by atoms with Gasteiger partial charge in [0.05, 0.1) is 11.1 Å². The molecule has 0 aliphatic carbocycles. The van der Waals surface area contributed by atoms with Crippen LogP contribution in [0.3, 0.4) is 0 Å². The SMILES string of the molecule is CC=CSN1CC=C(c2c(F)cc(C(N)=O)c3[nH]c(C(F)(F)F)c(C)c23)C1. The number of rotatable bonds is 4. The van der Waals surface area contributed by atoms with Crippen LogP contribution in [-0.2, 0) is 6.18 Å². The number of aromatic amines is 1. The Bertz CT molecular complexity index is 975. The third-order valence-corrected chi connectivity index (χ3v) is 5.35. The Morgan fingerprint density at radius 1 is 1.41 bits per heavy atom. The molecule has 1 aliphatic rings. The number of nitrogens with two attached hydrogens (primary N) is 1. The Labute approximate surface area is 157 Å². The largest absolute Gasteiger partial charge is 0.431 e. The second-order valence-electron chi connectivity index (χ2n) is 6.14. The first kappa shape index (κ1) is 19.5. The zero-order valence-electron chi connectivity index (χ0n) is 14.6. The van der Waals surface area contributed by atoms with Gasteiger partial charge in [0.25, 0.3) is 5.91 Å². The minimum absolute atomic E-state index is 0.0419. The Morgan fingerprint density at radius 3 is 2.70 bits per heavy atom. The molecule has 1 aliphatic heterocycles. The zero-order valence-corrected chi connectivity index (χ0v) is 15.4. The van der Waals surface area contributed by atoms with Crippen molar-refractivity contribution in [3.05, 3.63) is 51.8 Å². The lowest BCUT2D eigenvalue weighted by Crippen LogP contribution is -2.14. The number of nitrogens with one attached hydrogen (secondary N) is 1. The fourth-order valence-corrected chi connectivity index (χ4v) is 3.90. The van der Waals surface area contributed by atoms with E-state index in [0.29, 0.717) is 18.7 Å². The lowest BCUT2D eigenvalue weighted by Gasteiger charge is -2.14. The maximum Gasteiger partial charge on any atom is 0.431 e. The summed E-state index contributed by atoms with van der Waals surface area (Å²) in [7, 11) is 0. The van der Waals surface area contributed by atoms with E-state index < -0.39 is 23.6 Å². The number of hydrogen-bond donors (Lipinski definition) is 2. The van der Waals surface area contributed by atoms with Gasteiger partial charge >= 0.3 is 6.18 Å². The van der Waals surface area contributed by atoms with Crippen LogP contribution in [0.25, 0.3) is 16.5 Å². The fourth-order valence-electron chi connectivity index (χ4n) is 3.23. The van der Waals surface area contributed by atoms with Crippen molar-refractivity contribution in [1.29, 1.82) is 0 Å². The summed E-state index contributed by atoms with van der Waals surface area (Å²) >= 11 is 1.43. The summed E-state index contributed by atoms with van der Waals surface area (Å²) < 4.78 is 56.9. The number of carbonyl (C=O) groups is 1. The summed E-state index contributed by atoms with van der Waals surface area (Å²) in [5.41, 5.74) is 4.34. The van der Waals surface area contributed by atoms with Gasteiger partial charge in [0.15, 0.2) is 0 Å². The monoisotopic (exact) mass is 399 g/mol. The third kappa shape index (κ3) is 3.49. The van der Waals surface area contributed by atoms with Crippen molar-refractivity contribution in [1.82, 2.24) is 9.29 Å². The molecule has 0 unspecified atom stereocenters. The van der Waals surface area contributed by atoms with Crippen molar-refractivity contribution < 1.29 is 22.4 Å². The quantitative estimate of drug-likeness (QED) is 0.583. The number of aromatic nitrogens is 1. The maximum absolute atomic E-state index is 14.9. The van der Waals surface area contributed by atoms with Crippen LogP contribution in [0, 0.1) is 12.7 Å². The summed E-state index contributed by atoms with van der Waals surface area (Å²) in [4.78, 5) is 13.9. The molecule has 0 fully saturated rings. The number of carbonyl (C=O) groups excluding carboxylic acids is 1. The molecular weight excluding hydrogens is 382 g/mol. The highest BCUT2D eigenvalue weighted by Gasteiger charge is 2.37. The number of benzene rings is 1. The lowest BCUT2D eigenvalue weighted by atomic mass is 9.96. The van der Waals surface area contributed by atoms with E-state index in [1.807, 2.05) is 22.7 Å². The third-order valence-electron chi connectivity index (χ3n) is 4.38. The summed E-state index contributed by atoms with van der Waals surface area (Å²) in [6.07, 6.45) is -1.03. The molecule has 9 heteroatoms. The van der Waals surface area contributed by atoms with Crippen LogP contribution in [0.2, 0.25) is 0 Å². The molecule has 144 valence electrons. The Hall–Kier alpha value is -2.26. The highest BCUT2D eigenvalue weighted by Crippen LogP contribution is 2.41. The molecule has 27 heavy (non-hydrogen) atoms. The molecule has 2 aromatic rings. The molecule has 0 saturated heterocycles. The molecule has 0 saturated carbocycles. The standard InChI is InChI=1S/C18H17F4N3OS/c1-3-6-27-25-5-4-10(8-25)14-12(19)7-11(17(23)26)15-13(14)9(2)16(24-15)18(20,21)22/h3-4,6-7,24H,5,8H2,1-2H3,(H2,23,26). The molecule has 0 radical (unpaired) electrons. The number of amides is 1. The van der Waals surface area contributed by atoms with E-state index in [1.165, 1.54) is 18.9 Å². The second-order valence-corrected chi connectivity index (χ2v) is 7.14.